The van der Waals surface area contributed by atoms with Crippen molar-refractivity contribution in [2.45, 2.75) is 13.8 Å². The fourth-order valence-electron chi connectivity index (χ4n) is 6.77. The highest BCUT2D eigenvalue weighted by atomic mass is 16.3. The van der Waals surface area contributed by atoms with Gasteiger partial charge >= 0.3 is 0 Å². The number of rotatable bonds is 2. The van der Waals surface area contributed by atoms with Gasteiger partial charge in [0.1, 0.15) is 16.7 Å². The predicted molar refractivity (Wildman–Crippen MR) is 177 cm³/mol. The number of hydrogen-bond donors (Lipinski definition) is 0. The zero-order chi connectivity index (χ0) is 28.8. The van der Waals surface area contributed by atoms with Crippen LogP contribution in [0.1, 0.15) is 11.1 Å². The number of fused-ring (bicyclic) bond motifs is 9. The van der Waals surface area contributed by atoms with Crippen molar-refractivity contribution < 1.29 is 8.83 Å². The molecule has 202 valence electrons. The lowest BCUT2D eigenvalue weighted by Crippen LogP contribution is -1.94. The van der Waals surface area contributed by atoms with Gasteiger partial charge in [-0.15, -0.1) is 0 Å². The van der Waals surface area contributed by atoms with E-state index in [0.29, 0.717) is 11.3 Å². The first-order valence-corrected chi connectivity index (χ1v) is 14.4. The average Bonchev–Trinajstić information content (AvgIpc) is 3.70. The standard InChI is InChI=1S/C39H24N2O2/c1-22-14-16-33-29(18-22)30-19-23(2)15-17-34(30)41(33)35-12-7-11-28-31-20-24(21-32(40-3)38(31)43-39(28)35)25-9-6-10-27-26-8-4-5-13-36(26)42-37(25)27/h4-21H,1-2H3. The van der Waals surface area contributed by atoms with Crippen molar-refractivity contribution in [3.05, 3.63) is 132 Å². The predicted octanol–water partition coefficient (Wildman–Crippen LogP) is 11.4. The summed E-state index contributed by atoms with van der Waals surface area (Å²) in [4.78, 5) is 3.93. The summed E-state index contributed by atoms with van der Waals surface area (Å²) in [5, 5.41) is 6.48. The first-order chi connectivity index (χ1) is 21.1. The molecule has 3 heterocycles. The van der Waals surface area contributed by atoms with Gasteiger partial charge < -0.3 is 13.4 Å². The van der Waals surface area contributed by atoms with Gasteiger partial charge in [-0.1, -0.05) is 71.8 Å². The third kappa shape index (κ3) is 3.31. The molecule has 43 heavy (non-hydrogen) atoms. The Labute approximate surface area is 246 Å². The molecule has 0 radical (unpaired) electrons. The highest BCUT2D eigenvalue weighted by Crippen LogP contribution is 2.44. The Morgan fingerprint density at radius 1 is 0.558 bits per heavy atom. The van der Waals surface area contributed by atoms with Crippen molar-refractivity contribution in [2.75, 3.05) is 0 Å². The summed E-state index contributed by atoms with van der Waals surface area (Å²) >= 11 is 0. The molecule has 0 fully saturated rings. The second-order valence-electron chi connectivity index (χ2n) is 11.4. The molecule has 0 saturated heterocycles. The molecule has 4 nitrogen and oxygen atoms in total. The Kier molecular flexibility index (Phi) is 4.78. The van der Waals surface area contributed by atoms with Crippen molar-refractivity contribution in [3.8, 4) is 16.8 Å². The van der Waals surface area contributed by atoms with Crippen molar-refractivity contribution in [3.63, 3.8) is 0 Å². The van der Waals surface area contributed by atoms with Gasteiger partial charge in [-0.05, 0) is 67.9 Å². The molecule has 0 spiro atoms. The number of aryl methyl sites for hydroxylation is 2. The maximum atomic E-state index is 8.09. The summed E-state index contributed by atoms with van der Waals surface area (Å²) in [6.07, 6.45) is 0. The lowest BCUT2D eigenvalue weighted by molar-refractivity contribution is 0.667. The van der Waals surface area contributed by atoms with Gasteiger partial charge in [0.2, 0.25) is 5.69 Å². The van der Waals surface area contributed by atoms with E-state index in [1.54, 1.807) is 0 Å². The smallest absolute Gasteiger partial charge is 0.230 e. The molecule has 9 rings (SSSR count). The molecule has 6 aromatic carbocycles. The largest absolute Gasteiger partial charge is 0.465 e. The van der Waals surface area contributed by atoms with E-state index < -0.39 is 0 Å². The van der Waals surface area contributed by atoms with Crippen LogP contribution in [0, 0.1) is 20.4 Å². The monoisotopic (exact) mass is 552 g/mol. The van der Waals surface area contributed by atoms with E-state index in [9.17, 15) is 0 Å². The van der Waals surface area contributed by atoms with Crippen molar-refractivity contribution >= 4 is 71.4 Å². The molecule has 0 aliphatic carbocycles. The third-order valence-electron chi connectivity index (χ3n) is 8.71. The second kappa shape index (κ2) is 8.61. The zero-order valence-electron chi connectivity index (χ0n) is 23.6. The van der Waals surface area contributed by atoms with Crippen LogP contribution >= 0.6 is 0 Å². The number of aromatic nitrogens is 1. The summed E-state index contributed by atoms with van der Waals surface area (Å²) in [6.45, 7) is 12.4. The number of benzene rings is 6. The average molecular weight is 553 g/mol. The van der Waals surface area contributed by atoms with Gasteiger partial charge in [0, 0.05) is 37.9 Å². The van der Waals surface area contributed by atoms with E-state index in [0.717, 1.165) is 66.1 Å². The lowest BCUT2D eigenvalue weighted by atomic mass is 9.99. The van der Waals surface area contributed by atoms with Crippen molar-refractivity contribution in [2.24, 2.45) is 0 Å². The third-order valence-corrected chi connectivity index (χ3v) is 8.71. The molecular formula is C39H24N2O2. The Morgan fingerprint density at radius 2 is 1.23 bits per heavy atom. The first-order valence-electron chi connectivity index (χ1n) is 14.4. The number of nitrogens with zero attached hydrogens (tertiary/aromatic N) is 2. The van der Waals surface area contributed by atoms with Crippen LogP contribution in [0.25, 0.3) is 87.3 Å². The summed E-state index contributed by atoms with van der Waals surface area (Å²) < 4.78 is 15.3. The maximum Gasteiger partial charge on any atom is 0.230 e. The van der Waals surface area contributed by atoms with Crippen molar-refractivity contribution in [1.29, 1.82) is 0 Å². The molecule has 0 saturated carbocycles. The Morgan fingerprint density at radius 3 is 1.98 bits per heavy atom. The second-order valence-corrected chi connectivity index (χ2v) is 11.4. The fourth-order valence-corrected chi connectivity index (χ4v) is 6.77. The Balaban J connectivity index is 1.35. The minimum absolute atomic E-state index is 0.483. The highest BCUT2D eigenvalue weighted by molar-refractivity contribution is 6.16. The van der Waals surface area contributed by atoms with E-state index in [1.807, 2.05) is 24.3 Å². The van der Waals surface area contributed by atoms with Gasteiger partial charge in [-0.2, -0.15) is 0 Å². The van der Waals surface area contributed by atoms with Crippen LogP contribution < -0.4 is 0 Å². The van der Waals surface area contributed by atoms with Gasteiger partial charge in [0.25, 0.3) is 0 Å². The molecule has 0 aliphatic heterocycles. The number of furan rings is 2. The van der Waals surface area contributed by atoms with Gasteiger partial charge in [0.15, 0.2) is 5.58 Å². The molecule has 0 atom stereocenters. The van der Waals surface area contributed by atoms with Crippen LogP contribution in [-0.4, -0.2) is 4.57 Å². The maximum absolute atomic E-state index is 8.09. The molecule has 0 aliphatic rings. The molecule has 0 unspecified atom stereocenters. The normalized spacial score (nSPS) is 11.9. The quantitative estimate of drug-likeness (QED) is 0.200. The minimum Gasteiger partial charge on any atom is -0.465 e. The van der Waals surface area contributed by atoms with Crippen LogP contribution in [0.5, 0.6) is 0 Å². The molecular weight excluding hydrogens is 528 g/mol. The SMILES string of the molecule is [C-]#[N+]c1cc(-c2cccc3c2oc2ccccc23)cc2c1oc1c(-n3c4ccc(C)cc4c4cc(C)ccc43)cccc12. The molecule has 4 heteroatoms. The van der Waals surface area contributed by atoms with Gasteiger partial charge in [-0.25, -0.2) is 4.85 Å². The number of hydrogen-bond acceptors (Lipinski definition) is 2. The van der Waals surface area contributed by atoms with Crippen LogP contribution in [0.3, 0.4) is 0 Å². The molecule has 0 bridgehead atoms. The molecule has 0 N–H and O–H groups in total. The Hall–Kier alpha value is -5.79. The van der Waals surface area contributed by atoms with Gasteiger partial charge in [-0.3, -0.25) is 0 Å². The number of para-hydroxylation sites is 3. The van der Waals surface area contributed by atoms with E-state index >= 15 is 0 Å². The lowest BCUT2D eigenvalue weighted by Gasteiger charge is -2.09. The molecule has 0 amide bonds. The van der Waals surface area contributed by atoms with Crippen LogP contribution in [0.2, 0.25) is 0 Å². The first kappa shape index (κ1) is 23.9. The van der Waals surface area contributed by atoms with Crippen LogP contribution in [0.4, 0.5) is 5.69 Å². The fraction of sp³-hybridized carbons (Fsp3) is 0.0513. The Bertz CT molecular complexity index is 2600. The van der Waals surface area contributed by atoms with Crippen molar-refractivity contribution in [1.82, 2.24) is 4.57 Å². The van der Waals surface area contributed by atoms with Crippen LogP contribution in [0.15, 0.2) is 118 Å². The zero-order valence-corrected chi connectivity index (χ0v) is 23.6. The molecule has 3 aromatic heterocycles. The summed E-state index contributed by atoms with van der Waals surface area (Å²) in [6, 6.07) is 37.9. The molecule has 9 aromatic rings. The topological polar surface area (TPSA) is 35.6 Å². The summed E-state index contributed by atoms with van der Waals surface area (Å²) in [7, 11) is 0. The van der Waals surface area contributed by atoms with E-state index in [2.05, 4.69) is 108 Å². The highest BCUT2D eigenvalue weighted by Gasteiger charge is 2.21. The summed E-state index contributed by atoms with van der Waals surface area (Å²) in [5.41, 5.74) is 11.1. The minimum atomic E-state index is 0.483. The van der Waals surface area contributed by atoms with Gasteiger partial charge in [0.05, 0.1) is 23.3 Å². The van der Waals surface area contributed by atoms with E-state index in [1.165, 1.54) is 21.9 Å². The van der Waals surface area contributed by atoms with Crippen LogP contribution in [-0.2, 0) is 0 Å². The van der Waals surface area contributed by atoms with E-state index in [-0.39, 0.29) is 0 Å². The summed E-state index contributed by atoms with van der Waals surface area (Å²) in [5.74, 6) is 0. The van der Waals surface area contributed by atoms with E-state index in [4.69, 9.17) is 15.4 Å².